The Kier molecular flexibility index (Phi) is 9.35. The number of rotatable bonds is 9. The molecule has 14 heavy (non-hydrogen) atoms. The Morgan fingerprint density at radius 3 is 2.36 bits per heavy atom. The van der Waals surface area contributed by atoms with Gasteiger partial charge in [-0.25, -0.2) is 0 Å². The molecular formula is C11H25NO2. The van der Waals surface area contributed by atoms with Crippen LogP contribution < -0.4 is 0 Å². The van der Waals surface area contributed by atoms with Crippen LogP contribution in [0.4, 0.5) is 0 Å². The molecule has 0 aliphatic carbocycles. The largest absolute Gasteiger partial charge is 0.382 e. The molecule has 0 amide bonds. The zero-order valence-corrected chi connectivity index (χ0v) is 10.1. The maximum atomic E-state index is 5.59. The second kappa shape index (κ2) is 9.44. The Morgan fingerprint density at radius 1 is 1.21 bits per heavy atom. The first-order valence-electron chi connectivity index (χ1n) is 5.61. The molecule has 0 saturated carbocycles. The van der Waals surface area contributed by atoms with Gasteiger partial charge in [-0.3, -0.25) is 0 Å². The fourth-order valence-corrected chi connectivity index (χ4v) is 1.56. The van der Waals surface area contributed by atoms with E-state index in [4.69, 9.17) is 9.47 Å². The summed E-state index contributed by atoms with van der Waals surface area (Å²) in [6, 6.07) is 0. The standard InChI is InChI=1S/C11H25NO2/c1-5-8-12(6-2)9-11(10-13-4)14-7-3/h11H,5-10H2,1-4H3. The van der Waals surface area contributed by atoms with Crippen molar-refractivity contribution in [3.63, 3.8) is 0 Å². The van der Waals surface area contributed by atoms with Gasteiger partial charge >= 0.3 is 0 Å². The molecule has 3 nitrogen and oxygen atoms in total. The van der Waals surface area contributed by atoms with Gasteiger partial charge in [0.25, 0.3) is 0 Å². The van der Waals surface area contributed by atoms with Gasteiger partial charge in [0.2, 0.25) is 0 Å². The van der Waals surface area contributed by atoms with Gasteiger partial charge in [0.1, 0.15) is 0 Å². The summed E-state index contributed by atoms with van der Waals surface area (Å²) in [6.07, 6.45) is 1.41. The predicted octanol–water partition coefficient (Wildman–Crippen LogP) is 1.77. The van der Waals surface area contributed by atoms with E-state index in [1.54, 1.807) is 7.11 Å². The second-order valence-electron chi connectivity index (χ2n) is 3.43. The minimum absolute atomic E-state index is 0.219. The minimum Gasteiger partial charge on any atom is -0.382 e. The Labute approximate surface area is 88.4 Å². The van der Waals surface area contributed by atoms with E-state index >= 15 is 0 Å². The normalized spacial score (nSPS) is 13.5. The third-order valence-electron chi connectivity index (χ3n) is 2.20. The van der Waals surface area contributed by atoms with Gasteiger partial charge < -0.3 is 14.4 Å². The van der Waals surface area contributed by atoms with E-state index in [1.807, 2.05) is 6.92 Å². The molecule has 0 fully saturated rings. The van der Waals surface area contributed by atoms with Crippen molar-refractivity contribution in [2.45, 2.75) is 33.3 Å². The van der Waals surface area contributed by atoms with Gasteiger partial charge in [0.15, 0.2) is 0 Å². The lowest BCUT2D eigenvalue weighted by molar-refractivity contribution is -0.0145. The maximum absolute atomic E-state index is 5.59. The number of likely N-dealkylation sites (N-methyl/N-ethyl adjacent to an activating group) is 1. The van der Waals surface area contributed by atoms with Crippen molar-refractivity contribution in [1.82, 2.24) is 4.90 Å². The van der Waals surface area contributed by atoms with Crippen LogP contribution in [0.15, 0.2) is 0 Å². The molecule has 0 N–H and O–H groups in total. The fourth-order valence-electron chi connectivity index (χ4n) is 1.56. The molecule has 0 saturated heterocycles. The van der Waals surface area contributed by atoms with Crippen molar-refractivity contribution in [3.05, 3.63) is 0 Å². The molecule has 0 aromatic rings. The zero-order valence-electron chi connectivity index (χ0n) is 10.1. The number of hydrogen-bond acceptors (Lipinski definition) is 3. The van der Waals surface area contributed by atoms with Crippen LogP contribution in [0.5, 0.6) is 0 Å². The van der Waals surface area contributed by atoms with Gasteiger partial charge in [-0.2, -0.15) is 0 Å². The van der Waals surface area contributed by atoms with E-state index in [0.29, 0.717) is 6.61 Å². The van der Waals surface area contributed by atoms with Crippen LogP contribution in [0, 0.1) is 0 Å². The summed E-state index contributed by atoms with van der Waals surface area (Å²) >= 11 is 0. The smallest absolute Gasteiger partial charge is 0.0934 e. The highest BCUT2D eigenvalue weighted by Gasteiger charge is 2.12. The molecule has 0 aromatic carbocycles. The van der Waals surface area contributed by atoms with Crippen molar-refractivity contribution in [3.8, 4) is 0 Å². The molecule has 0 rings (SSSR count). The van der Waals surface area contributed by atoms with Gasteiger partial charge in [0, 0.05) is 20.3 Å². The zero-order chi connectivity index (χ0) is 10.8. The highest BCUT2D eigenvalue weighted by atomic mass is 16.5. The van der Waals surface area contributed by atoms with Gasteiger partial charge in [-0.1, -0.05) is 13.8 Å². The van der Waals surface area contributed by atoms with E-state index in [1.165, 1.54) is 6.42 Å². The number of nitrogens with zero attached hydrogens (tertiary/aromatic N) is 1. The van der Waals surface area contributed by atoms with Crippen LogP contribution in [0.1, 0.15) is 27.2 Å². The van der Waals surface area contributed by atoms with Gasteiger partial charge in [-0.15, -0.1) is 0 Å². The fraction of sp³-hybridized carbons (Fsp3) is 1.00. The summed E-state index contributed by atoms with van der Waals surface area (Å²) in [5.74, 6) is 0. The molecule has 0 spiro atoms. The molecule has 0 radical (unpaired) electrons. The number of methoxy groups -OCH3 is 1. The van der Waals surface area contributed by atoms with E-state index in [-0.39, 0.29) is 6.10 Å². The summed E-state index contributed by atoms with van der Waals surface area (Å²) in [5, 5.41) is 0. The lowest BCUT2D eigenvalue weighted by Gasteiger charge is -2.25. The summed E-state index contributed by atoms with van der Waals surface area (Å²) in [5.41, 5.74) is 0. The highest BCUT2D eigenvalue weighted by molar-refractivity contribution is 4.64. The molecule has 1 unspecified atom stereocenters. The summed E-state index contributed by atoms with van der Waals surface area (Å²) in [6.45, 7) is 11.1. The molecule has 3 heteroatoms. The molecule has 86 valence electrons. The minimum atomic E-state index is 0.219. The average Bonchev–Trinajstić information content (AvgIpc) is 2.18. The quantitative estimate of drug-likeness (QED) is 0.570. The Hall–Kier alpha value is -0.120. The Bertz CT molecular complexity index is 114. The van der Waals surface area contributed by atoms with Crippen molar-refractivity contribution >= 4 is 0 Å². The Morgan fingerprint density at radius 2 is 1.93 bits per heavy atom. The van der Waals surface area contributed by atoms with Crippen molar-refractivity contribution in [2.24, 2.45) is 0 Å². The molecule has 0 aliphatic heterocycles. The van der Waals surface area contributed by atoms with Crippen LogP contribution in [-0.4, -0.2) is 51.0 Å². The van der Waals surface area contributed by atoms with Crippen LogP contribution in [0.2, 0.25) is 0 Å². The second-order valence-corrected chi connectivity index (χ2v) is 3.43. The van der Waals surface area contributed by atoms with Gasteiger partial charge in [-0.05, 0) is 26.4 Å². The SMILES string of the molecule is CCCN(CC)CC(COC)OCC. The van der Waals surface area contributed by atoms with Crippen molar-refractivity contribution in [2.75, 3.05) is 40.0 Å². The van der Waals surface area contributed by atoms with E-state index in [9.17, 15) is 0 Å². The molecule has 0 heterocycles. The van der Waals surface area contributed by atoms with Crippen LogP contribution >= 0.6 is 0 Å². The molecule has 1 atom stereocenters. The first-order chi connectivity index (χ1) is 6.78. The van der Waals surface area contributed by atoms with Crippen molar-refractivity contribution < 1.29 is 9.47 Å². The van der Waals surface area contributed by atoms with Crippen LogP contribution in [-0.2, 0) is 9.47 Å². The molecule has 0 aromatic heterocycles. The van der Waals surface area contributed by atoms with Crippen LogP contribution in [0.3, 0.4) is 0 Å². The lowest BCUT2D eigenvalue weighted by atomic mass is 10.3. The Balaban J connectivity index is 3.83. The monoisotopic (exact) mass is 203 g/mol. The highest BCUT2D eigenvalue weighted by Crippen LogP contribution is 1.99. The third-order valence-corrected chi connectivity index (χ3v) is 2.20. The van der Waals surface area contributed by atoms with E-state index < -0.39 is 0 Å². The lowest BCUT2D eigenvalue weighted by Crippen LogP contribution is -2.36. The summed E-state index contributed by atoms with van der Waals surface area (Å²) < 4.78 is 10.7. The topological polar surface area (TPSA) is 21.7 Å². The first kappa shape index (κ1) is 13.9. The number of ether oxygens (including phenoxy) is 2. The van der Waals surface area contributed by atoms with E-state index in [0.717, 1.165) is 26.2 Å². The average molecular weight is 203 g/mol. The molecule has 0 aliphatic rings. The van der Waals surface area contributed by atoms with Crippen molar-refractivity contribution in [1.29, 1.82) is 0 Å². The first-order valence-corrected chi connectivity index (χ1v) is 5.61. The van der Waals surface area contributed by atoms with Gasteiger partial charge in [0.05, 0.1) is 12.7 Å². The molecular weight excluding hydrogens is 178 g/mol. The molecule has 0 bridgehead atoms. The summed E-state index contributed by atoms with van der Waals surface area (Å²) in [4.78, 5) is 2.40. The van der Waals surface area contributed by atoms with E-state index in [2.05, 4.69) is 18.7 Å². The summed E-state index contributed by atoms with van der Waals surface area (Å²) in [7, 11) is 1.72. The predicted molar refractivity (Wildman–Crippen MR) is 59.7 cm³/mol. The number of hydrogen-bond donors (Lipinski definition) is 0. The van der Waals surface area contributed by atoms with Crippen LogP contribution in [0.25, 0.3) is 0 Å². The maximum Gasteiger partial charge on any atom is 0.0934 e. The third kappa shape index (κ3) is 6.35.